The molecule has 0 N–H and O–H groups in total. The highest BCUT2D eigenvalue weighted by Crippen LogP contribution is 2.41. The lowest BCUT2D eigenvalue weighted by Gasteiger charge is -2.29. The molecule has 0 radical (unpaired) electrons. The van der Waals surface area contributed by atoms with Crippen LogP contribution in [0.15, 0.2) is 102 Å². The molecule has 1 saturated heterocycles. The van der Waals surface area contributed by atoms with Crippen LogP contribution in [0.4, 0.5) is 0 Å². The smallest absolute Gasteiger partial charge is 0.239 e. The minimum absolute atomic E-state index is 0.0689. The summed E-state index contributed by atoms with van der Waals surface area (Å²) in [4.78, 5) is 19.6. The van der Waals surface area contributed by atoms with Crippen molar-refractivity contribution < 1.29 is 4.79 Å². The van der Waals surface area contributed by atoms with Gasteiger partial charge in [-0.1, -0.05) is 90.1 Å². The van der Waals surface area contributed by atoms with Gasteiger partial charge in [0.05, 0.1) is 28.9 Å². The van der Waals surface area contributed by atoms with E-state index in [9.17, 15) is 4.79 Å². The van der Waals surface area contributed by atoms with Crippen molar-refractivity contribution in [1.29, 1.82) is 0 Å². The maximum atomic E-state index is 13.0. The summed E-state index contributed by atoms with van der Waals surface area (Å²) in [6.45, 7) is 2.07. The third-order valence-corrected chi connectivity index (χ3v) is 7.02. The van der Waals surface area contributed by atoms with Crippen molar-refractivity contribution in [2.24, 2.45) is 4.99 Å². The fourth-order valence-corrected chi connectivity index (χ4v) is 5.26. The Kier molecular flexibility index (Phi) is 5.15. The molecule has 166 valence electrons. The molecule has 3 heterocycles. The monoisotopic (exact) mass is 462 g/mol. The molecule has 0 bridgehead atoms. The summed E-state index contributed by atoms with van der Waals surface area (Å²) < 4.78 is 1.90. The van der Waals surface area contributed by atoms with Gasteiger partial charge in [-0.25, -0.2) is 9.67 Å². The number of carbonyl (C=O) groups is 1. The van der Waals surface area contributed by atoms with E-state index in [0.29, 0.717) is 5.75 Å². The highest BCUT2D eigenvalue weighted by molar-refractivity contribution is 8.15. The third-order valence-electron chi connectivity index (χ3n) is 6.09. The second-order valence-electron chi connectivity index (χ2n) is 8.39. The zero-order valence-corrected chi connectivity index (χ0v) is 19.4. The first-order valence-corrected chi connectivity index (χ1v) is 12.2. The summed E-state index contributed by atoms with van der Waals surface area (Å²) in [7, 11) is 0. The minimum Gasteiger partial charge on any atom is -0.279 e. The van der Waals surface area contributed by atoms with Crippen LogP contribution < -0.4 is 0 Å². The molecule has 1 fully saturated rings. The largest absolute Gasteiger partial charge is 0.279 e. The Hall–Kier alpha value is -3.90. The number of fused-ring (bicyclic) bond motifs is 1. The van der Waals surface area contributed by atoms with E-state index >= 15 is 0 Å². The quantitative estimate of drug-likeness (QED) is 0.381. The van der Waals surface area contributed by atoms with Crippen LogP contribution in [0, 0.1) is 6.92 Å². The Labute approximate surface area is 202 Å². The number of amidine groups is 1. The molecule has 1 amide bonds. The maximum absolute atomic E-state index is 13.0. The molecular weight excluding hydrogens is 440 g/mol. The van der Waals surface area contributed by atoms with Gasteiger partial charge in [0.15, 0.2) is 5.17 Å². The number of para-hydroxylation sites is 1. The minimum atomic E-state index is -0.293. The fourth-order valence-electron chi connectivity index (χ4n) is 4.35. The van der Waals surface area contributed by atoms with E-state index < -0.39 is 0 Å². The van der Waals surface area contributed by atoms with Crippen LogP contribution >= 0.6 is 11.8 Å². The summed E-state index contributed by atoms with van der Waals surface area (Å²) >= 11 is 1.50. The van der Waals surface area contributed by atoms with Gasteiger partial charge in [0, 0.05) is 17.3 Å². The number of aryl methyl sites for hydroxylation is 1. The van der Waals surface area contributed by atoms with Crippen molar-refractivity contribution in [2.75, 3.05) is 5.75 Å². The van der Waals surface area contributed by atoms with Crippen molar-refractivity contribution in [3.63, 3.8) is 0 Å². The molecule has 1 aromatic heterocycles. The van der Waals surface area contributed by atoms with Crippen LogP contribution in [0.5, 0.6) is 0 Å². The standard InChI is InChI=1S/C28H22N4OS/c1-19-12-14-20(15-13-19)24-16-25(32-26(33)18-34-28(32)29-24)23-17-31(22-10-6-3-7-11-22)30-27(23)21-8-4-2-5-9-21/h2-17,25H,18H2,1H3/t25-/m0/s1. The van der Waals surface area contributed by atoms with Crippen LogP contribution in [-0.4, -0.2) is 31.5 Å². The normalized spacial score (nSPS) is 17.4. The van der Waals surface area contributed by atoms with Gasteiger partial charge in [0.25, 0.3) is 0 Å². The second kappa shape index (κ2) is 8.47. The maximum Gasteiger partial charge on any atom is 0.239 e. The molecule has 1 atom stereocenters. The zero-order valence-electron chi connectivity index (χ0n) is 18.6. The van der Waals surface area contributed by atoms with Gasteiger partial charge in [-0.15, -0.1) is 0 Å². The SMILES string of the molecule is Cc1ccc(C2=C[C@@H](c3cn(-c4ccccc4)nc3-c3ccccc3)N3C(=O)CSC3=N2)cc1. The van der Waals surface area contributed by atoms with Gasteiger partial charge in [0.1, 0.15) is 0 Å². The highest BCUT2D eigenvalue weighted by Gasteiger charge is 2.39. The van der Waals surface area contributed by atoms with Crippen molar-refractivity contribution in [2.45, 2.75) is 13.0 Å². The average Bonchev–Trinajstić information content (AvgIpc) is 3.49. The summed E-state index contributed by atoms with van der Waals surface area (Å²) in [6.07, 6.45) is 4.14. The third kappa shape index (κ3) is 3.66. The van der Waals surface area contributed by atoms with E-state index in [1.54, 1.807) is 0 Å². The van der Waals surface area contributed by atoms with Crippen molar-refractivity contribution in [1.82, 2.24) is 14.7 Å². The Balaban J connectivity index is 1.54. The predicted molar refractivity (Wildman–Crippen MR) is 138 cm³/mol. The number of carbonyl (C=O) groups excluding carboxylic acids is 1. The Bertz CT molecular complexity index is 1420. The van der Waals surface area contributed by atoms with Crippen molar-refractivity contribution in [3.8, 4) is 16.9 Å². The van der Waals surface area contributed by atoms with E-state index in [2.05, 4.69) is 49.4 Å². The number of thioether (sulfide) groups is 1. The topological polar surface area (TPSA) is 50.5 Å². The summed E-state index contributed by atoms with van der Waals surface area (Å²) in [5.74, 6) is 0.470. The molecule has 2 aliphatic heterocycles. The van der Waals surface area contributed by atoms with Crippen LogP contribution in [0.2, 0.25) is 0 Å². The molecule has 3 aromatic carbocycles. The van der Waals surface area contributed by atoms with Gasteiger partial charge in [-0.05, 0) is 30.7 Å². The number of hydrogen-bond acceptors (Lipinski definition) is 4. The molecule has 6 rings (SSSR count). The van der Waals surface area contributed by atoms with Crippen molar-refractivity contribution in [3.05, 3.63) is 114 Å². The van der Waals surface area contributed by atoms with Gasteiger partial charge in [-0.2, -0.15) is 5.10 Å². The number of nitrogens with zero attached hydrogens (tertiary/aromatic N) is 4. The highest BCUT2D eigenvalue weighted by atomic mass is 32.2. The van der Waals surface area contributed by atoms with Gasteiger partial charge in [-0.3, -0.25) is 9.69 Å². The molecule has 6 heteroatoms. The molecular formula is C28H22N4OS. The van der Waals surface area contributed by atoms with E-state index in [-0.39, 0.29) is 11.9 Å². The van der Waals surface area contributed by atoms with E-state index in [0.717, 1.165) is 38.9 Å². The van der Waals surface area contributed by atoms with Crippen molar-refractivity contribution >= 4 is 28.5 Å². The number of benzene rings is 3. The Morgan fingerprint density at radius 1 is 0.882 bits per heavy atom. The first kappa shape index (κ1) is 20.7. The second-order valence-corrected chi connectivity index (χ2v) is 9.33. The van der Waals surface area contributed by atoms with Gasteiger partial charge in [0.2, 0.25) is 5.91 Å². The first-order chi connectivity index (χ1) is 16.7. The molecule has 0 saturated carbocycles. The lowest BCUT2D eigenvalue weighted by Crippen LogP contribution is -2.35. The number of aromatic nitrogens is 2. The Morgan fingerprint density at radius 3 is 2.32 bits per heavy atom. The zero-order chi connectivity index (χ0) is 23.1. The van der Waals surface area contributed by atoms with E-state index in [4.69, 9.17) is 10.1 Å². The van der Waals surface area contributed by atoms with Crippen LogP contribution in [-0.2, 0) is 4.79 Å². The molecule has 5 nitrogen and oxygen atoms in total. The van der Waals surface area contributed by atoms with Crippen LogP contribution in [0.25, 0.3) is 22.6 Å². The van der Waals surface area contributed by atoms with E-state index in [1.165, 1.54) is 17.3 Å². The number of hydrogen-bond donors (Lipinski definition) is 0. The number of rotatable bonds is 4. The van der Waals surface area contributed by atoms with E-state index in [1.807, 2.05) is 64.3 Å². The van der Waals surface area contributed by atoms with Gasteiger partial charge < -0.3 is 0 Å². The molecule has 0 spiro atoms. The fraction of sp³-hybridized carbons (Fsp3) is 0.107. The molecule has 0 unspecified atom stereocenters. The number of aliphatic imine (C=N–C) groups is 1. The molecule has 34 heavy (non-hydrogen) atoms. The van der Waals surface area contributed by atoms with Crippen LogP contribution in [0.3, 0.4) is 0 Å². The first-order valence-electron chi connectivity index (χ1n) is 11.2. The van der Waals surface area contributed by atoms with Gasteiger partial charge >= 0.3 is 0 Å². The Morgan fingerprint density at radius 2 is 1.59 bits per heavy atom. The lowest BCUT2D eigenvalue weighted by molar-refractivity contribution is -0.125. The average molecular weight is 463 g/mol. The predicted octanol–water partition coefficient (Wildman–Crippen LogP) is 5.87. The molecule has 4 aromatic rings. The lowest BCUT2D eigenvalue weighted by atomic mass is 9.98. The summed E-state index contributed by atoms with van der Waals surface area (Å²) in [6, 6.07) is 28.3. The number of amides is 1. The van der Waals surface area contributed by atoms with Crippen LogP contribution in [0.1, 0.15) is 22.7 Å². The molecule has 0 aliphatic carbocycles. The summed E-state index contributed by atoms with van der Waals surface area (Å²) in [5.41, 5.74) is 6.94. The molecule has 2 aliphatic rings. The summed E-state index contributed by atoms with van der Waals surface area (Å²) in [5, 5.41) is 5.73.